The van der Waals surface area contributed by atoms with Gasteiger partial charge < -0.3 is 24.8 Å². The van der Waals surface area contributed by atoms with E-state index in [0.717, 1.165) is 28.7 Å². The summed E-state index contributed by atoms with van der Waals surface area (Å²) >= 11 is 0. The molecule has 8 nitrogen and oxygen atoms in total. The van der Waals surface area contributed by atoms with E-state index in [1.54, 1.807) is 13.8 Å². The number of benzene rings is 2. The molecule has 2 amide bonds. The number of hydrogen-bond donors (Lipinski definition) is 2. The lowest BCUT2D eigenvalue weighted by Gasteiger charge is -2.43. The summed E-state index contributed by atoms with van der Waals surface area (Å²) in [6, 6.07) is 15.0. The zero-order valence-corrected chi connectivity index (χ0v) is 20.3. The fourth-order valence-electron chi connectivity index (χ4n) is 5.15. The van der Waals surface area contributed by atoms with E-state index in [1.165, 1.54) is 12.0 Å². The van der Waals surface area contributed by atoms with Crippen LogP contribution in [0.3, 0.4) is 0 Å². The van der Waals surface area contributed by atoms with Gasteiger partial charge in [0.15, 0.2) is 0 Å². The SMILES string of the molecule is CO[C@H](C)[C@H](NC(=O)OCC1c2ccccc2-c2ccccc21)C(=O)N1CCCCC1(C)C(=O)O. The first kappa shape index (κ1) is 24.7. The fourth-order valence-corrected chi connectivity index (χ4v) is 5.15. The van der Waals surface area contributed by atoms with Gasteiger partial charge in [0.2, 0.25) is 5.91 Å². The van der Waals surface area contributed by atoms with Crippen LogP contribution in [0.1, 0.15) is 50.2 Å². The highest BCUT2D eigenvalue weighted by Gasteiger charge is 2.47. The third-order valence-electron chi connectivity index (χ3n) is 7.34. The predicted octanol–water partition coefficient (Wildman–Crippen LogP) is 3.78. The van der Waals surface area contributed by atoms with Crippen LogP contribution < -0.4 is 5.32 Å². The lowest BCUT2D eigenvalue weighted by atomic mass is 9.87. The zero-order valence-electron chi connectivity index (χ0n) is 20.3. The highest BCUT2D eigenvalue weighted by atomic mass is 16.5. The number of nitrogens with one attached hydrogen (secondary N) is 1. The normalized spacial score (nSPS) is 20.9. The first-order valence-corrected chi connectivity index (χ1v) is 12.0. The first-order valence-electron chi connectivity index (χ1n) is 12.0. The summed E-state index contributed by atoms with van der Waals surface area (Å²) in [5.41, 5.74) is 3.09. The second-order valence-electron chi connectivity index (χ2n) is 9.41. The number of hydrogen-bond acceptors (Lipinski definition) is 5. The lowest BCUT2D eigenvalue weighted by molar-refractivity contribution is -0.163. The maximum absolute atomic E-state index is 13.5. The van der Waals surface area contributed by atoms with Gasteiger partial charge in [-0.2, -0.15) is 0 Å². The number of nitrogens with zero attached hydrogens (tertiary/aromatic N) is 1. The molecule has 35 heavy (non-hydrogen) atoms. The lowest BCUT2D eigenvalue weighted by Crippen LogP contribution is -2.63. The molecule has 8 heteroatoms. The van der Waals surface area contributed by atoms with Crippen LogP contribution in [0.15, 0.2) is 48.5 Å². The van der Waals surface area contributed by atoms with Gasteiger partial charge in [-0.1, -0.05) is 48.5 Å². The Labute approximate surface area is 205 Å². The minimum absolute atomic E-state index is 0.110. The van der Waals surface area contributed by atoms with E-state index in [-0.39, 0.29) is 12.5 Å². The Morgan fingerprint density at radius 2 is 1.69 bits per heavy atom. The van der Waals surface area contributed by atoms with E-state index in [2.05, 4.69) is 17.4 Å². The van der Waals surface area contributed by atoms with E-state index in [0.29, 0.717) is 19.4 Å². The van der Waals surface area contributed by atoms with Gasteiger partial charge in [-0.25, -0.2) is 9.59 Å². The molecule has 1 aliphatic carbocycles. The Hall–Kier alpha value is -3.39. The summed E-state index contributed by atoms with van der Waals surface area (Å²) in [4.78, 5) is 39.7. The molecule has 1 aliphatic heterocycles. The number of likely N-dealkylation sites (tertiary alicyclic amines) is 1. The molecule has 4 rings (SSSR count). The topological polar surface area (TPSA) is 105 Å². The minimum atomic E-state index is -1.33. The number of amides is 2. The van der Waals surface area contributed by atoms with Crippen LogP contribution in [-0.4, -0.2) is 65.9 Å². The molecule has 2 aromatic carbocycles. The fraction of sp³-hybridized carbons (Fsp3) is 0.444. The molecule has 0 bridgehead atoms. The van der Waals surface area contributed by atoms with Crippen molar-refractivity contribution in [2.24, 2.45) is 0 Å². The van der Waals surface area contributed by atoms with Gasteiger partial charge >= 0.3 is 12.1 Å². The summed E-state index contributed by atoms with van der Waals surface area (Å²) in [6.07, 6.45) is 0.351. The van der Waals surface area contributed by atoms with Crippen molar-refractivity contribution in [3.05, 3.63) is 59.7 Å². The average molecular weight is 481 g/mol. The van der Waals surface area contributed by atoms with Crippen molar-refractivity contribution in [2.45, 2.75) is 56.7 Å². The molecular weight excluding hydrogens is 448 g/mol. The van der Waals surface area contributed by atoms with Crippen molar-refractivity contribution in [2.75, 3.05) is 20.3 Å². The minimum Gasteiger partial charge on any atom is -0.480 e. The quantitative estimate of drug-likeness (QED) is 0.625. The number of carbonyl (C=O) groups is 3. The summed E-state index contributed by atoms with van der Waals surface area (Å²) < 4.78 is 11.0. The van der Waals surface area contributed by atoms with Crippen LogP contribution in [0, 0.1) is 0 Å². The van der Waals surface area contributed by atoms with Gasteiger partial charge in [0.1, 0.15) is 18.2 Å². The highest BCUT2D eigenvalue weighted by Crippen LogP contribution is 2.44. The molecule has 1 unspecified atom stereocenters. The van der Waals surface area contributed by atoms with Crippen LogP contribution in [0.25, 0.3) is 11.1 Å². The number of fused-ring (bicyclic) bond motifs is 3. The Bertz CT molecular complexity index is 1070. The number of rotatable bonds is 7. The summed E-state index contributed by atoms with van der Waals surface area (Å²) in [6.45, 7) is 3.63. The molecule has 1 saturated heterocycles. The van der Waals surface area contributed by atoms with E-state index in [1.807, 2.05) is 36.4 Å². The van der Waals surface area contributed by atoms with E-state index >= 15 is 0 Å². The van der Waals surface area contributed by atoms with Crippen molar-refractivity contribution in [3.8, 4) is 11.1 Å². The van der Waals surface area contributed by atoms with Gasteiger partial charge in [0.25, 0.3) is 0 Å². The summed E-state index contributed by atoms with van der Waals surface area (Å²) in [5, 5.41) is 12.4. The first-order chi connectivity index (χ1) is 16.8. The van der Waals surface area contributed by atoms with Crippen LogP contribution in [0.4, 0.5) is 4.79 Å². The molecule has 0 aromatic heterocycles. The zero-order chi connectivity index (χ0) is 25.2. The van der Waals surface area contributed by atoms with Crippen LogP contribution in [0.2, 0.25) is 0 Å². The number of carboxylic acids is 1. The molecule has 0 radical (unpaired) electrons. The predicted molar refractivity (Wildman–Crippen MR) is 130 cm³/mol. The molecule has 2 aromatic rings. The van der Waals surface area contributed by atoms with Gasteiger partial charge in [0.05, 0.1) is 6.10 Å². The number of alkyl carbamates (subject to hydrolysis) is 1. The Balaban J connectivity index is 1.48. The van der Waals surface area contributed by atoms with E-state index < -0.39 is 35.7 Å². The molecular formula is C27H32N2O6. The van der Waals surface area contributed by atoms with Gasteiger partial charge in [-0.3, -0.25) is 4.79 Å². The van der Waals surface area contributed by atoms with Crippen molar-refractivity contribution in [3.63, 3.8) is 0 Å². The molecule has 2 aliphatic rings. The summed E-state index contributed by atoms with van der Waals surface area (Å²) in [7, 11) is 1.44. The Kier molecular flexibility index (Phi) is 7.12. The Morgan fingerprint density at radius 3 is 2.26 bits per heavy atom. The van der Waals surface area contributed by atoms with Crippen LogP contribution in [0.5, 0.6) is 0 Å². The molecule has 0 saturated carbocycles. The van der Waals surface area contributed by atoms with Gasteiger partial charge in [-0.15, -0.1) is 0 Å². The second-order valence-corrected chi connectivity index (χ2v) is 9.41. The second kappa shape index (κ2) is 10.1. The maximum atomic E-state index is 13.5. The van der Waals surface area contributed by atoms with Crippen molar-refractivity contribution < 1.29 is 29.0 Å². The van der Waals surface area contributed by atoms with Gasteiger partial charge in [0, 0.05) is 19.6 Å². The molecule has 1 fully saturated rings. The van der Waals surface area contributed by atoms with Crippen molar-refractivity contribution >= 4 is 18.0 Å². The maximum Gasteiger partial charge on any atom is 0.407 e. The molecule has 2 N–H and O–H groups in total. The van der Waals surface area contributed by atoms with E-state index in [4.69, 9.17) is 9.47 Å². The number of carboxylic acid groups (broad SMARTS) is 1. The number of piperidine rings is 1. The van der Waals surface area contributed by atoms with Gasteiger partial charge in [-0.05, 0) is 55.4 Å². The highest BCUT2D eigenvalue weighted by molar-refractivity contribution is 5.92. The molecule has 1 heterocycles. The molecule has 0 spiro atoms. The number of methoxy groups -OCH3 is 1. The van der Waals surface area contributed by atoms with Crippen molar-refractivity contribution in [1.82, 2.24) is 10.2 Å². The van der Waals surface area contributed by atoms with E-state index in [9.17, 15) is 19.5 Å². The summed E-state index contributed by atoms with van der Waals surface area (Å²) in [5.74, 6) is -1.66. The standard InChI is InChI=1S/C27H32N2O6/c1-17(34-3)23(24(30)29-15-9-8-14-27(29,2)25(31)32)28-26(33)35-16-22-20-12-6-4-10-18(20)19-11-5-7-13-21(19)22/h4-7,10-13,17,22-23H,8-9,14-16H2,1-3H3,(H,28,33)(H,31,32)/t17-,23+,27?/m1/s1. The number of ether oxygens (including phenoxy) is 2. The van der Waals surface area contributed by atoms with Crippen molar-refractivity contribution in [1.29, 1.82) is 0 Å². The third kappa shape index (κ3) is 4.62. The molecule has 186 valence electrons. The third-order valence-corrected chi connectivity index (χ3v) is 7.34. The van der Waals surface area contributed by atoms with Crippen LogP contribution >= 0.6 is 0 Å². The Morgan fingerprint density at radius 1 is 1.09 bits per heavy atom. The average Bonchev–Trinajstić information content (AvgIpc) is 3.19. The number of aliphatic carboxylic acids is 1. The van der Waals surface area contributed by atoms with Crippen LogP contribution in [-0.2, 0) is 19.1 Å². The largest absolute Gasteiger partial charge is 0.480 e. The smallest absolute Gasteiger partial charge is 0.407 e. The number of carbonyl (C=O) groups excluding carboxylic acids is 2. The molecule has 3 atom stereocenters. The monoisotopic (exact) mass is 480 g/mol.